The van der Waals surface area contributed by atoms with Crippen molar-refractivity contribution < 1.29 is 95.3 Å². The first kappa shape index (κ1) is 74.0. The minimum Gasteiger partial charge on any atom is -0.464 e. The third kappa shape index (κ3) is 24.4. The largest absolute Gasteiger partial charge is 0.464 e. The summed E-state index contributed by atoms with van der Waals surface area (Å²) in [5.74, 6) is -4.84. The van der Waals surface area contributed by atoms with E-state index in [1.54, 1.807) is 74.5 Å². The van der Waals surface area contributed by atoms with Crippen LogP contribution in [0.1, 0.15) is 64.2 Å². The van der Waals surface area contributed by atoms with Crippen molar-refractivity contribution in [2.24, 2.45) is 5.92 Å². The highest BCUT2D eigenvalue weighted by Crippen LogP contribution is 2.48. The van der Waals surface area contributed by atoms with Crippen LogP contribution in [0.15, 0.2) is 146 Å². The van der Waals surface area contributed by atoms with E-state index in [4.69, 9.17) is 47.4 Å². The van der Waals surface area contributed by atoms with Gasteiger partial charge in [0.25, 0.3) is 0 Å². The predicted molar refractivity (Wildman–Crippen MR) is 356 cm³/mol. The van der Waals surface area contributed by atoms with Gasteiger partial charge in [-0.25, -0.2) is 43.2 Å². The van der Waals surface area contributed by atoms with Crippen molar-refractivity contribution in [3.8, 4) is 51.0 Å². The lowest BCUT2D eigenvalue weighted by Gasteiger charge is -2.27. The molecule has 1 atom stereocenters. The zero-order valence-electron chi connectivity index (χ0n) is 51.7. The number of hydrogen-bond acceptors (Lipinski definition) is 20. The van der Waals surface area contributed by atoms with Gasteiger partial charge in [0.15, 0.2) is 0 Å². The molecule has 5 N–H and O–H groups in total. The summed E-state index contributed by atoms with van der Waals surface area (Å²) in [5, 5.41) is 12.8. The quantitative estimate of drug-likeness (QED) is 0.00712. The number of nitrogens with one attached hydrogen (secondary N) is 5. The zero-order chi connectivity index (χ0) is 68.3. The molecule has 0 fully saturated rings. The molecular formula is C66H69I2N5O20. The molecule has 27 heteroatoms. The summed E-state index contributed by atoms with van der Waals surface area (Å²) in [7, 11) is 0. The molecule has 0 radical (unpaired) electrons. The fraction of sp³-hybridized carbons (Fsp3) is 0.273. The number of hydrogen-bond donors (Lipinski definition) is 5. The third-order valence-corrected chi connectivity index (χ3v) is 13.7. The summed E-state index contributed by atoms with van der Waals surface area (Å²) in [5.41, 5.74) is 3.20. The topological polar surface area (TPSA) is 323 Å². The van der Waals surface area contributed by atoms with Gasteiger partial charge in [-0.3, -0.25) is 4.79 Å². The monoisotopic (exact) mass is 1510 g/mol. The van der Waals surface area contributed by atoms with E-state index in [1.165, 1.54) is 64.1 Å². The van der Waals surface area contributed by atoms with Crippen LogP contribution in [0.25, 0.3) is 22.3 Å². The van der Waals surface area contributed by atoms with Crippen LogP contribution in [-0.2, 0) is 47.7 Å². The van der Waals surface area contributed by atoms with E-state index in [2.05, 4.69) is 75.5 Å². The molecular weight excluding hydrogens is 1440 g/mol. The maximum atomic E-state index is 14.0. The van der Waals surface area contributed by atoms with Crippen LogP contribution in [0.2, 0.25) is 0 Å². The van der Waals surface area contributed by atoms with Gasteiger partial charge in [-0.05, 0) is 156 Å². The molecule has 0 heterocycles. The van der Waals surface area contributed by atoms with Crippen LogP contribution in [0.5, 0.6) is 28.7 Å². The Morgan fingerprint density at radius 3 is 1.03 bits per heavy atom. The summed E-state index contributed by atoms with van der Waals surface area (Å²) >= 11 is 4.06. The number of ether oxygens (including phenoxy) is 10. The van der Waals surface area contributed by atoms with Crippen molar-refractivity contribution in [3.63, 3.8) is 0 Å². The molecule has 5 amide bonds. The van der Waals surface area contributed by atoms with Crippen molar-refractivity contribution in [1.29, 1.82) is 0 Å². The molecule has 5 aromatic carbocycles. The molecule has 0 bridgehead atoms. The number of carbonyl (C=O) groups is 10. The lowest BCUT2D eigenvalue weighted by molar-refractivity contribution is -0.147. The molecule has 5 rings (SSSR count). The second-order valence-corrected chi connectivity index (χ2v) is 22.8. The van der Waals surface area contributed by atoms with E-state index < -0.39 is 72.1 Å². The predicted octanol–water partition coefficient (Wildman–Crippen LogP) is 10.5. The van der Waals surface area contributed by atoms with Crippen LogP contribution < -0.4 is 50.3 Å². The van der Waals surface area contributed by atoms with E-state index in [9.17, 15) is 47.9 Å². The standard InChI is InChI=1S/C66H69I2N5O20/c1-37(2)57(74)84-28-23-69-62(79)89-47-17-11-42(12-18-47)44-15-21-53(91-64(81)71-25-30-86-59(76)39(5)6)49(33-44)55(51-35-46(67)36-52(68)56(51)93-66(83)73-27-32-88-61(78)41(9)10)50-34-45(16-22-54(50)92-65(82)72-26-31-87-60(77)40(7)8)43-13-19-48(20-14-43)90-63(80)70-24-29-85-58(75)38(3)4/h11-22,33-36,40,55H,1,3,5,9,23-32H2,2,4,6-8,10H3,(H,69,79)(H,70,80)(H,71,81)(H,72,82)(H,73,83). The van der Waals surface area contributed by atoms with Gasteiger partial charge in [0.2, 0.25) is 0 Å². The van der Waals surface area contributed by atoms with E-state index >= 15 is 0 Å². The van der Waals surface area contributed by atoms with Crippen LogP contribution in [0.4, 0.5) is 24.0 Å². The van der Waals surface area contributed by atoms with E-state index in [0.717, 1.165) is 0 Å². The van der Waals surface area contributed by atoms with Crippen molar-refractivity contribution in [2.45, 2.75) is 47.5 Å². The van der Waals surface area contributed by atoms with Crippen LogP contribution in [0.3, 0.4) is 0 Å². The first-order valence-electron chi connectivity index (χ1n) is 28.4. The Hall–Kier alpha value is -9.78. The smallest absolute Gasteiger partial charge is 0.412 e. The third-order valence-electron chi connectivity index (χ3n) is 12.3. The van der Waals surface area contributed by atoms with Crippen molar-refractivity contribution >= 4 is 105 Å². The molecule has 0 aromatic heterocycles. The highest BCUT2D eigenvalue weighted by molar-refractivity contribution is 14.1. The SMILES string of the molecule is C=C(C)C(=O)OCCNC(=O)Oc1ccc(-c2ccc(OC(=O)NCCOC(=O)C(=C)C)c(C(c3cc(-c4ccc(OC(=O)NCCOC(=O)C(=C)C)cc4)ccc3OC(=O)NCCOC(=O)C(C)C)c3cc(I)cc(I)c3OC(=O)NCCOC(=O)C(=C)C)c2)cc1. The highest BCUT2D eigenvalue weighted by Gasteiger charge is 2.32. The average Bonchev–Trinajstić information content (AvgIpc) is 0.758. The van der Waals surface area contributed by atoms with Gasteiger partial charge in [0.1, 0.15) is 61.8 Å². The molecule has 1 unspecified atom stereocenters. The number of amides is 5. The maximum Gasteiger partial charge on any atom is 0.412 e. The number of esters is 5. The maximum absolute atomic E-state index is 14.0. The number of benzene rings is 5. The molecule has 0 saturated carbocycles. The Morgan fingerprint density at radius 2 is 0.699 bits per heavy atom. The molecule has 0 aliphatic rings. The Kier molecular flexibility index (Phi) is 29.4. The van der Waals surface area contributed by atoms with Crippen molar-refractivity contribution in [1.82, 2.24) is 26.6 Å². The molecule has 93 heavy (non-hydrogen) atoms. The second kappa shape index (κ2) is 36.9. The van der Waals surface area contributed by atoms with Crippen LogP contribution in [-0.4, -0.2) is 126 Å². The Labute approximate surface area is 563 Å². The van der Waals surface area contributed by atoms with Gasteiger partial charge < -0.3 is 74.0 Å². The van der Waals surface area contributed by atoms with Gasteiger partial charge in [-0.1, -0.05) is 76.6 Å². The minimum absolute atomic E-state index is 0.0344. The molecule has 492 valence electrons. The second-order valence-electron chi connectivity index (χ2n) is 20.4. The van der Waals surface area contributed by atoms with E-state index in [0.29, 0.717) is 29.4 Å². The zero-order valence-corrected chi connectivity index (χ0v) is 56.0. The lowest BCUT2D eigenvalue weighted by atomic mass is 9.81. The minimum atomic E-state index is -1.30. The average molecular weight is 1510 g/mol. The fourth-order valence-electron chi connectivity index (χ4n) is 7.77. The molecule has 25 nitrogen and oxygen atoms in total. The van der Waals surface area contributed by atoms with Crippen molar-refractivity contribution in [2.75, 3.05) is 65.8 Å². The Bertz CT molecular complexity index is 3640. The lowest BCUT2D eigenvalue weighted by Crippen LogP contribution is -2.32. The fourth-order valence-corrected chi connectivity index (χ4v) is 9.77. The van der Waals surface area contributed by atoms with Gasteiger partial charge in [-0.15, -0.1) is 0 Å². The summed E-state index contributed by atoms with van der Waals surface area (Å²) in [6.07, 6.45) is -4.66. The summed E-state index contributed by atoms with van der Waals surface area (Å²) in [6, 6.07) is 25.7. The highest BCUT2D eigenvalue weighted by atomic mass is 127. The first-order valence-corrected chi connectivity index (χ1v) is 30.6. The summed E-state index contributed by atoms with van der Waals surface area (Å²) in [6.45, 7) is 21.8. The van der Waals surface area contributed by atoms with E-state index in [1.807, 2.05) is 22.6 Å². The summed E-state index contributed by atoms with van der Waals surface area (Å²) < 4.78 is 56.2. The molecule has 5 aromatic rings. The number of halogens is 2. The van der Waals surface area contributed by atoms with Gasteiger partial charge >= 0.3 is 60.3 Å². The molecule has 0 aliphatic heterocycles. The summed E-state index contributed by atoms with van der Waals surface area (Å²) in [4.78, 5) is 128. The Balaban J connectivity index is 1.73. The van der Waals surface area contributed by atoms with E-state index in [-0.39, 0.29) is 133 Å². The molecule has 0 aliphatic carbocycles. The van der Waals surface area contributed by atoms with Gasteiger partial charge in [0, 0.05) is 48.5 Å². The first-order chi connectivity index (χ1) is 44.2. The molecule has 0 spiro atoms. The normalized spacial score (nSPS) is 10.8. The van der Waals surface area contributed by atoms with Crippen molar-refractivity contribution in [3.05, 3.63) is 170 Å². The van der Waals surface area contributed by atoms with Gasteiger partial charge in [0.05, 0.1) is 42.2 Å². The van der Waals surface area contributed by atoms with Gasteiger partial charge in [-0.2, -0.15) is 0 Å². The number of rotatable bonds is 30. The number of carbonyl (C=O) groups excluding carboxylic acids is 10. The van der Waals surface area contributed by atoms with Crippen LogP contribution in [0, 0.1) is 13.1 Å². The Morgan fingerprint density at radius 1 is 0.387 bits per heavy atom. The van der Waals surface area contributed by atoms with Crippen LogP contribution >= 0.6 is 45.2 Å². The molecule has 0 saturated heterocycles.